The van der Waals surface area contributed by atoms with Gasteiger partial charge in [0.25, 0.3) is 11.6 Å². The summed E-state index contributed by atoms with van der Waals surface area (Å²) in [4.78, 5) is 52.8. The van der Waals surface area contributed by atoms with Crippen molar-refractivity contribution in [1.82, 2.24) is 10.4 Å². The summed E-state index contributed by atoms with van der Waals surface area (Å²) < 4.78 is 6.36. The molecule has 0 bridgehead atoms. The number of amides is 1. The first-order valence-electron chi connectivity index (χ1n) is 15.5. The monoisotopic (exact) mass is 619 g/mol. The Hall–Kier alpha value is -5.05. The number of carbonyl (C=O) groups excluding carboxylic acids is 3. The Morgan fingerprint density at radius 2 is 1.37 bits per heavy atom. The summed E-state index contributed by atoms with van der Waals surface area (Å²) in [6.07, 6.45) is 1.57. The second-order valence-electron chi connectivity index (χ2n) is 13.9. The Bertz CT molecular complexity index is 1750. The van der Waals surface area contributed by atoms with Gasteiger partial charge in [0, 0.05) is 64.6 Å². The Morgan fingerprint density at radius 1 is 0.826 bits per heavy atom. The molecule has 9 nitrogen and oxygen atoms in total. The van der Waals surface area contributed by atoms with Crippen molar-refractivity contribution in [3.05, 3.63) is 128 Å². The van der Waals surface area contributed by atoms with Crippen LogP contribution < -0.4 is 10.2 Å². The average molecular weight is 620 g/mol. The number of nitro benzene ring substituents is 1. The lowest BCUT2D eigenvalue weighted by Gasteiger charge is -2.48. The van der Waals surface area contributed by atoms with Crippen LogP contribution in [0.4, 0.5) is 5.69 Å². The standard InChI is InChI=1S/C37H37N3O6/c1-36(2)18-27-33(29(41)20-36)32(26-12-8-9-13-31(26)46-22-23-10-6-5-7-11-23)34-28(19-37(3,4)21-30(34)42)39(27)38-35(43)24-14-16-25(17-15-24)40(44)45/h5-17,32H,18-22H2,1-4H3,(H,38,43). The van der Waals surface area contributed by atoms with Gasteiger partial charge in [-0.25, -0.2) is 0 Å². The quantitative estimate of drug-likeness (QED) is 0.219. The molecule has 0 aromatic heterocycles. The van der Waals surface area contributed by atoms with E-state index in [0.717, 1.165) is 11.1 Å². The van der Waals surface area contributed by atoms with Crippen molar-refractivity contribution in [2.45, 2.75) is 65.9 Å². The number of nitro groups is 1. The van der Waals surface area contributed by atoms with E-state index in [0.29, 0.717) is 60.6 Å². The highest BCUT2D eigenvalue weighted by Gasteiger charge is 2.50. The van der Waals surface area contributed by atoms with Crippen LogP contribution in [0, 0.1) is 20.9 Å². The number of carbonyl (C=O) groups is 3. The lowest BCUT2D eigenvalue weighted by molar-refractivity contribution is -0.384. The normalized spacial score (nSPS) is 19.0. The summed E-state index contributed by atoms with van der Waals surface area (Å²) in [6, 6.07) is 22.7. The fourth-order valence-electron chi connectivity index (χ4n) is 6.90. The summed E-state index contributed by atoms with van der Waals surface area (Å²) >= 11 is 0. The molecule has 0 spiro atoms. The molecule has 1 aliphatic heterocycles. The maximum Gasteiger partial charge on any atom is 0.270 e. The molecule has 0 unspecified atom stereocenters. The summed E-state index contributed by atoms with van der Waals surface area (Å²) in [5, 5.41) is 12.9. The zero-order chi connectivity index (χ0) is 32.8. The SMILES string of the molecule is CC1(C)CC(=O)C2=C(C1)N(NC(=O)c1ccc([N+](=O)[O-])cc1)C1=C(C(=O)CC(C)(C)C1)C2c1ccccc1OCc1ccccc1. The number of ketones is 2. The number of Topliss-reactive ketones (excluding diaryl/α,β-unsaturated/α-hetero) is 2. The van der Waals surface area contributed by atoms with Gasteiger partial charge in [0.15, 0.2) is 11.6 Å². The fourth-order valence-corrected chi connectivity index (χ4v) is 6.90. The van der Waals surface area contributed by atoms with Crippen molar-refractivity contribution in [3.63, 3.8) is 0 Å². The number of nitrogens with zero attached hydrogens (tertiary/aromatic N) is 2. The van der Waals surface area contributed by atoms with Gasteiger partial charge in [0.1, 0.15) is 12.4 Å². The van der Waals surface area contributed by atoms with Gasteiger partial charge >= 0.3 is 0 Å². The van der Waals surface area contributed by atoms with E-state index in [1.807, 2.05) is 82.3 Å². The topological polar surface area (TPSA) is 119 Å². The van der Waals surface area contributed by atoms with Crippen LogP contribution in [0.3, 0.4) is 0 Å². The van der Waals surface area contributed by atoms with E-state index in [9.17, 15) is 24.5 Å². The molecule has 1 N–H and O–H groups in total. The molecule has 0 saturated heterocycles. The summed E-state index contributed by atoms with van der Waals surface area (Å²) in [5.41, 5.74) is 6.33. The van der Waals surface area contributed by atoms with Gasteiger partial charge in [-0.2, -0.15) is 0 Å². The molecule has 3 aromatic rings. The van der Waals surface area contributed by atoms with Crippen molar-refractivity contribution in [1.29, 1.82) is 0 Å². The van der Waals surface area contributed by atoms with Gasteiger partial charge < -0.3 is 4.74 Å². The minimum atomic E-state index is -0.656. The minimum absolute atomic E-state index is 0.0760. The highest BCUT2D eigenvalue weighted by molar-refractivity contribution is 6.07. The van der Waals surface area contributed by atoms with Crippen molar-refractivity contribution in [2.24, 2.45) is 10.8 Å². The van der Waals surface area contributed by atoms with Crippen molar-refractivity contribution in [2.75, 3.05) is 0 Å². The molecule has 236 valence electrons. The van der Waals surface area contributed by atoms with E-state index in [1.165, 1.54) is 24.3 Å². The van der Waals surface area contributed by atoms with E-state index in [1.54, 1.807) is 5.01 Å². The van der Waals surface area contributed by atoms with Gasteiger partial charge in [-0.15, -0.1) is 0 Å². The first kappa shape index (κ1) is 31.0. The van der Waals surface area contributed by atoms with Gasteiger partial charge in [-0.3, -0.25) is 34.9 Å². The smallest absolute Gasteiger partial charge is 0.270 e. The Morgan fingerprint density at radius 3 is 1.93 bits per heavy atom. The van der Waals surface area contributed by atoms with Crippen LogP contribution >= 0.6 is 0 Å². The number of hydrogen-bond acceptors (Lipinski definition) is 7. The largest absolute Gasteiger partial charge is 0.489 e. The van der Waals surface area contributed by atoms with E-state index < -0.39 is 27.6 Å². The molecule has 0 saturated carbocycles. The molecule has 9 heteroatoms. The predicted molar refractivity (Wildman–Crippen MR) is 172 cm³/mol. The number of rotatable bonds is 7. The molecular formula is C37H37N3O6. The van der Waals surface area contributed by atoms with Crippen LogP contribution in [-0.4, -0.2) is 27.4 Å². The number of benzene rings is 3. The number of non-ortho nitro benzene ring substituents is 1. The molecule has 46 heavy (non-hydrogen) atoms. The minimum Gasteiger partial charge on any atom is -0.489 e. The Kier molecular flexibility index (Phi) is 7.88. The van der Waals surface area contributed by atoms with Crippen LogP contribution in [0.2, 0.25) is 0 Å². The van der Waals surface area contributed by atoms with Crippen LogP contribution in [0.25, 0.3) is 0 Å². The van der Waals surface area contributed by atoms with Crippen molar-refractivity contribution >= 4 is 23.2 Å². The molecule has 0 atom stereocenters. The Labute approximate surface area is 268 Å². The van der Waals surface area contributed by atoms with Gasteiger partial charge in [0.05, 0.1) is 4.92 Å². The third-order valence-electron chi connectivity index (χ3n) is 8.93. The van der Waals surface area contributed by atoms with Gasteiger partial charge in [-0.1, -0.05) is 76.2 Å². The van der Waals surface area contributed by atoms with E-state index in [-0.39, 0.29) is 22.8 Å². The summed E-state index contributed by atoms with van der Waals surface area (Å²) in [6.45, 7) is 8.42. The summed E-state index contributed by atoms with van der Waals surface area (Å²) in [7, 11) is 0. The summed E-state index contributed by atoms with van der Waals surface area (Å²) in [5.74, 6) is -0.712. The van der Waals surface area contributed by atoms with Gasteiger partial charge in [-0.05, 0) is 47.4 Å². The molecular weight excluding hydrogens is 582 g/mol. The molecule has 3 aliphatic rings. The number of hydrazine groups is 1. The second-order valence-corrected chi connectivity index (χ2v) is 13.9. The third kappa shape index (κ3) is 5.97. The molecule has 6 rings (SSSR count). The number of nitrogens with one attached hydrogen (secondary N) is 1. The van der Waals surface area contributed by atoms with E-state index >= 15 is 0 Å². The first-order chi connectivity index (χ1) is 21.8. The second kappa shape index (κ2) is 11.7. The van der Waals surface area contributed by atoms with Crippen LogP contribution in [-0.2, 0) is 16.2 Å². The first-order valence-corrected chi connectivity index (χ1v) is 15.5. The highest BCUT2D eigenvalue weighted by atomic mass is 16.6. The van der Waals surface area contributed by atoms with Crippen LogP contribution in [0.5, 0.6) is 5.75 Å². The lowest BCUT2D eigenvalue weighted by Crippen LogP contribution is -2.50. The molecule has 2 aliphatic carbocycles. The van der Waals surface area contributed by atoms with Crippen LogP contribution in [0.1, 0.15) is 80.8 Å². The van der Waals surface area contributed by atoms with Crippen molar-refractivity contribution < 1.29 is 24.0 Å². The number of allylic oxidation sites excluding steroid dienone is 4. The molecule has 0 radical (unpaired) electrons. The third-order valence-corrected chi connectivity index (χ3v) is 8.93. The maximum absolute atomic E-state index is 14.2. The number of ether oxygens (including phenoxy) is 1. The van der Waals surface area contributed by atoms with Crippen LogP contribution in [0.15, 0.2) is 101 Å². The zero-order valence-corrected chi connectivity index (χ0v) is 26.5. The average Bonchev–Trinajstić information content (AvgIpc) is 3.00. The maximum atomic E-state index is 14.2. The Balaban J connectivity index is 1.49. The predicted octanol–water partition coefficient (Wildman–Crippen LogP) is 7.20. The van der Waals surface area contributed by atoms with E-state index in [4.69, 9.17) is 4.74 Å². The highest BCUT2D eigenvalue weighted by Crippen LogP contribution is 2.55. The zero-order valence-electron chi connectivity index (χ0n) is 26.5. The molecule has 1 amide bonds. The number of hydrogen-bond donors (Lipinski definition) is 1. The molecule has 1 heterocycles. The number of para-hydroxylation sites is 1. The molecule has 0 fully saturated rings. The van der Waals surface area contributed by atoms with E-state index in [2.05, 4.69) is 5.43 Å². The van der Waals surface area contributed by atoms with Gasteiger partial charge in [0.2, 0.25) is 0 Å². The van der Waals surface area contributed by atoms with Crippen molar-refractivity contribution in [3.8, 4) is 5.75 Å². The lowest BCUT2D eigenvalue weighted by atomic mass is 9.64. The fraction of sp³-hybridized carbons (Fsp3) is 0.324. The molecule has 3 aromatic carbocycles.